The van der Waals surface area contributed by atoms with E-state index in [2.05, 4.69) is 260 Å². The fourth-order valence-corrected chi connectivity index (χ4v) is 10.8. The first-order valence-corrected chi connectivity index (χ1v) is 24.3. The van der Waals surface area contributed by atoms with Crippen molar-refractivity contribution in [3.63, 3.8) is 0 Å². The summed E-state index contributed by atoms with van der Waals surface area (Å²) < 4.78 is 13.8. The molecule has 0 N–H and O–H groups in total. The zero-order chi connectivity index (χ0) is 47.5. The summed E-state index contributed by atoms with van der Waals surface area (Å²) in [6.45, 7) is 4.69. The van der Waals surface area contributed by atoms with Gasteiger partial charge in [0.25, 0.3) is 0 Å². The summed E-state index contributed by atoms with van der Waals surface area (Å²) >= 11 is 0. The number of para-hydroxylation sites is 2. The summed E-state index contributed by atoms with van der Waals surface area (Å²) in [5.41, 5.74) is 18.1. The Hall–Kier alpha value is -9.12. The Morgan fingerprint density at radius 1 is 0.338 bits per heavy atom. The minimum atomic E-state index is -0.175. The number of hydrogen-bond acceptors (Lipinski definition) is 4. The SMILES string of the molecule is CC1(C)c2ccccc2-c2ccc(N(c3cc(-c4ccccc4)cc(-c4ccccc4)c3)c3ccc4c(c3)Oc3cccc5c(Oc6cccc(N(c7ccccc7)c7ccccc7)c6)ccc-4c35)cc21. The number of anilines is 6. The van der Waals surface area contributed by atoms with Crippen LogP contribution in [0.1, 0.15) is 25.0 Å². The molecule has 0 unspecified atom stereocenters. The van der Waals surface area contributed by atoms with Gasteiger partial charge in [-0.25, -0.2) is 0 Å². The molecule has 11 aromatic carbocycles. The van der Waals surface area contributed by atoms with Crippen molar-refractivity contribution in [1.29, 1.82) is 0 Å². The van der Waals surface area contributed by atoms with Crippen molar-refractivity contribution < 1.29 is 9.47 Å². The third-order valence-corrected chi connectivity index (χ3v) is 14.2. The Kier molecular flexibility index (Phi) is 10.1. The predicted molar refractivity (Wildman–Crippen MR) is 294 cm³/mol. The van der Waals surface area contributed by atoms with E-state index in [-0.39, 0.29) is 5.41 Å². The molecule has 1 aliphatic heterocycles. The van der Waals surface area contributed by atoms with Crippen LogP contribution in [0, 0.1) is 0 Å². The van der Waals surface area contributed by atoms with Gasteiger partial charge in [0.1, 0.15) is 23.0 Å². The lowest BCUT2D eigenvalue weighted by Crippen LogP contribution is -2.16. The average Bonchev–Trinajstić information content (AvgIpc) is 3.65. The fraction of sp³-hybridized carbons (Fsp3) is 0.0448. The number of nitrogens with zero attached hydrogens (tertiary/aromatic N) is 2. The number of benzene rings is 11. The molecule has 2 aliphatic rings. The molecule has 71 heavy (non-hydrogen) atoms. The molecule has 4 heteroatoms. The molecule has 0 fully saturated rings. The Balaban J connectivity index is 0.916. The van der Waals surface area contributed by atoms with Crippen LogP contribution >= 0.6 is 0 Å². The maximum atomic E-state index is 7.01. The van der Waals surface area contributed by atoms with Crippen LogP contribution in [-0.2, 0) is 5.41 Å². The van der Waals surface area contributed by atoms with Crippen LogP contribution in [0.4, 0.5) is 34.1 Å². The highest BCUT2D eigenvalue weighted by Gasteiger charge is 2.36. The van der Waals surface area contributed by atoms with E-state index in [9.17, 15) is 0 Å². The zero-order valence-electron chi connectivity index (χ0n) is 39.5. The third-order valence-electron chi connectivity index (χ3n) is 14.2. The Bertz CT molecular complexity index is 3700. The summed E-state index contributed by atoms with van der Waals surface area (Å²) in [5.74, 6) is 3.10. The minimum Gasteiger partial charge on any atom is -0.457 e. The van der Waals surface area contributed by atoms with E-state index >= 15 is 0 Å². The van der Waals surface area contributed by atoms with Gasteiger partial charge < -0.3 is 19.3 Å². The van der Waals surface area contributed by atoms with E-state index in [0.29, 0.717) is 0 Å². The molecule has 0 amide bonds. The standard InChI is InChI=1S/C67H48N2O2/c1-67(2)61-31-16-15-29-56(61)57-35-33-52(43-62(57)67)69(54-40-47(45-19-7-3-8-20-45)39-48(41-54)46-21-9-4-10-22-46)53-34-36-58-59-37-38-63(60-30-18-32-64(66(59)60)71-65(58)44-53)70-55-28-17-27-51(42-55)68(49-23-11-5-12-24-49)50-25-13-6-14-26-50/h3-44H,1-2H3. The summed E-state index contributed by atoms with van der Waals surface area (Å²) in [6.07, 6.45) is 0. The van der Waals surface area contributed by atoms with Crippen LogP contribution in [-0.4, -0.2) is 0 Å². The van der Waals surface area contributed by atoms with Crippen molar-refractivity contribution in [2.75, 3.05) is 9.80 Å². The molecule has 338 valence electrons. The lowest BCUT2D eigenvalue weighted by Gasteiger charge is -2.30. The smallest absolute Gasteiger partial charge is 0.137 e. The van der Waals surface area contributed by atoms with E-state index in [0.717, 1.165) is 101 Å². The molecular weight excluding hydrogens is 865 g/mol. The highest BCUT2D eigenvalue weighted by atomic mass is 16.5. The first-order chi connectivity index (χ1) is 34.9. The average molecular weight is 913 g/mol. The van der Waals surface area contributed by atoms with E-state index < -0.39 is 0 Å². The fourth-order valence-electron chi connectivity index (χ4n) is 10.8. The summed E-state index contributed by atoms with van der Waals surface area (Å²) in [5, 5.41) is 2.01. The van der Waals surface area contributed by atoms with E-state index in [1.54, 1.807) is 0 Å². The molecule has 11 aromatic rings. The van der Waals surface area contributed by atoms with Crippen molar-refractivity contribution in [2.24, 2.45) is 0 Å². The second-order valence-electron chi connectivity index (χ2n) is 18.9. The van der Waals surface area contributed by atoms with Gasteiger partial charge in [0.15, 0.2) is 0 Å². The van der Waals surface area contributed by atoms with Gasteiger partial charge >= 0.3 is 0 Å². The number of hydrogen-bond donors (Lipinski definition) is 0. The Morgan fingerprint density at radius 3 is 1.56 bits per heavy atom. The molecule has 0 bridgehead atoms. The van der Waals surface area contributed by atoms with Gasteiger partial charge in [-0.2, -0.15) is 0 Å². The summed E-state index contributed by atoms with van der Waals surface area (Å²) in [7, 11) is 0. The van der Waals surface area contributed by atoms with Crippen LogP contribution in [0.25, 0.3) is 55.3 Å². The van der Waals surface area contributed by atoms with Crippen molar-refractivity contribution in [1.82, 2.24) is 0 Å². The zero-order valence-corrected chi connectivity index (χ0v) is 39.5. The number of rotatable bonds is 10. The molecule has 4 nitrogen and oxygen atoms in total. The van der Waals surface area contributed by atoms with E-state index in [1.165, 1.54) is 22.3 Å². The maximum Gasteiger partial charge on any atom is 0.137 e. The second-order valence-corrected chi connectivity index (χ2v) is 18.9. The second kappa shape index (κ2) is 17.1. The number of fused-ring (bicyclic) bond motifs is 5. The number of ether oxygens (including phenoxy) is 2. The van der Waals surface area contributed by atoms with Gasteiger partial charge in [-0.1, -0.05) is 159 Å². The molecule has 1 heterocycles. The van der Waals surface area contributed by atoms with Gasteiger partial charge in [-0.15, -0.1) is 0 Å². The van der Waals surface area contributed by atoms with Crippen LogP contribution < -0.4 is 19.3 Å². The summed E-state index contributed by atoms with van der Waals surface area (Å²) in [6, 6.07) is 90.5. The van der Waals surface area contributed by atoms with Gasteiger partial charge in [0, 0.05) is 68.0 Å². The van der Waals surface area contributed by atoms with Crippen molar-refractivity contribution in [2.45, 2.75) is 19.3 Å². The largest absolute Gasteiger partial charge is 0.457 e. The molecule has 0 aromatic heterocycles. The van der Waals surface area contributed by atoms with Crippen LogP contribution in [0.3, 0.4) is 0 Å². The Labute approximate surface area is 414 Å². The summed E-state index contributed by atoms with van der Waals surface area (Å²) in [4.78, 5) is 4.65. The van der Waals surface area contributed by atoms with Gasteiger partial charge in [-0.3, -0.25) is 0 Å². The van der Waals surface area contributed by atoms with Crippen LogP contribution in [0.5, 0.6) is 23.0 Å². The highest BCUT2D eigenvalue weighted by Crippen LogP contribution is 2.54. The van der Waals surface area contributed by atoms with E-state index in [4.69, 9.17) is 9.47 Å². The maximum absolute atomic E-state index is 7.01. The first-order valence-electron chi connectivity index (χ1n) is 24.3. The van der Waals surface area contributed by atoms with Crippen molar-refractivity contribution in [3.8, 4) is 67.5 Å². The molecule has 13 rings (SSSR count). The quantitative estimate of drug-likeness (QED) is 0.136. The van der Waals surface area contributed by atoms with Crippen LogP contribution in [0.2, 0.25) is 0 Å². The molecule has 1 aliphatic carbocycles. The molecular formula is C67H48N2O2. The van der Waals surface area contributed by atoms with Gasteiger partial charge in [0.05, 0.1) is 0 Å². The third kappa shape index (κ3) is 7.40. The first kappa shape index (κ1) is 42.0. The lowest BCUT2D eigenvalue weighted by molar-refractivity contribution is 0.481. The van der Waals surface area contributed by atoms with Gasteiger partial charge in [0.2, 0.25) is 0 Å². The molecule has 0 spiro atoms. The molecule has 0 saturated carbocycles. The van der Waals surface area contributed by atoms with E-state index in [1.807, 2.05) is 18.2 Å². The normalized spacial score (nSPS) is 12.6. The highest BCUT2D eigenvalue weighted by molar-refractivity contribution is 6.07. The minimum absolute atomic E-state index is 0.175. The van der Waals surface area contributed by atoms with Crippen molar-refractivity contribution >= 4 is 44.9 Å². The molecule has 0 saturated heterocycles. The molecule has 0 atom stereocenters. The van der Waals surface area contributed by atoms with Crippen LogP contribution in [0.15, 0.2) is 255 Å². The van der Waals surface area contributed by atoms with Gasteiger partial charge in [-0.05, 0) is 147 Å². The molecule has 0 radical (unpaired) electrons. The predicted octanol–water partition coefficient (Wildman–Crippen LogP) is 19.0. The topological polar surface area (TPSA) is 24.9 Å². The van der Waals surface area contributed by atoms with Crippen molar-refractivity contribution in [3.05, 3.63) is 266 Å². The monoisotopic (exact) mass is 912 g/mol. The Morgan fingerprint density at radius 2 is 0.873 bits per heavy atom. The lowest BCUT2D eigenvalue weighted by atomic mass is 9.82.